The van der Waals surface area contributed by atoms with Crippen LogP contribution in [0.25, 0.3) is 22.1 Å². The number of nitrogens with zero attached hydrogens (tertiary/aromatic N) is 1. The number of hydrogen-bond donors (Lipinski definition) is 0. The van der Waals surface area contributed by atoms with Crippen LogP contribution in [0, 0.1) is 0 Å². The molecule has 0 saturated heterocycles. The highest BCUT2D eigenvalue weighted by Crippen LogP contribution is 2.29. The van der Waals surface area contributed by atoms with Gasteiger partial charge in [0, 0.05) is 29.9 Å². The molecule has 1 aromatic carbocycles. The minimum Gasteiger partial charge on any atom is -0.497 e. The molecule has 0 unspecified atom stereocenters. The Hall–Kier alpha value is -2.62. The highest BCUT2D eigenvalue weighted by Gasteiger charge is 2.08. The van der Waals surface area contributed by atoms with Gasteiger partial charge in [0.25, 0.3) is 0 Å². The van der Waals surface area contributed by atoms with E-state index in [1.165, 1.54) is 6.07 Å². The van der Waals surface area contributed by atoms with E-state index in [2.05, 4.69) is 4.98 Å². The number of fused-ring (bicyclic) bond motifs is 1. The van der Waals surface area contributed by atoms with Gasteiger partial charge in [-0.1, -0.05) is 0 Å². The first-order valence-corrected chi connectivity index (χ1v) is 5.80. The normalized spacial score (nSPS) is 10.6. The molecule has 2 heterocycles. The summed E-state index contributed by atoms with van der Waals surface area (Å²) >= 11 is 0. The molecule has 3 rings (SSSR count). The number of rotatable bonds is 2. The second-order valence-electron chi connectivity index (χ2n) is 4.08. The van der Waals surface area contributed by atoms with Crippen molar-refractivity contribution in [3.63, 3.8) is 0 Å². The first-order chi connectivity index (χ1) is 9.28. The van der Waals surface area contributed by atoms with E-state index in [4.69, 9.17) is 9.15 Å². The van der Waals surface area contributed by atoms with Gasteiger partial charge in [-0.05, 0) is 35.4 Å². The molecular formula is C15H11NO3. The fourth-order valence-electron chi connectivity index (χ4n) is 2.04. The zero-order chi connectivity index (χ0) is 13.2. The van der Waals surface area contributed by atoms with Crippen molar-refractivity contribution in [1.82, 2.24) is 4.98 Å². The van der Waals surface area contributed by atoms with Crippen molar-refractivity contribution in [3.05, 3.63) is 59.2 Å². The van der Waals surface area contributed by atoms with Crippen LogP contribution in [0.4, 0.5) is 0 Å². The summed E-state index contributed by atoms with van der Waals surface area (Å²) in [6.45, 7) is 0. The van der Waals surface area contributed by atoms with E-state index >= 15 is 0 Å². The Bertz CT molecular complexity index is 778. The van der Waals surface area contributed by atoms with Crippen LogP contribution in [0.5, 0.6) is 5.75 Å². The zero-order valence-electron chi connectivity index (χ0n) is 10.3. The third-order valence-corrected chi connectivity index (χ3v) is 2.94. The minimum atomic E-state index is -0.382. The number of ether oxygens (including phenoxy) is 1. The summed E-state index contributed by atoms with van der Waals surface area (Å²) in [6, 6.07) is 10.6. The maximum absolute atomic E-state index is 11.7. The molecule has 0 aliphatic rings. The molecule has 3 aromatic rings. The molecule has 0 saturated carbocycles. The molecule has 19 heavy (non-hydrogen) atoms. The van der Waals surface area contributed by atoms with E-state index in [9.17, 15) is 4.79 Å². The van der Waals surface area contributed by atoms with Crippen LogP contribution >= 0.6 is 0 Å². The fraction of sp³-hybridized carbons (Fsp3) is 0.0667. The zero-order valence-corrected chi connectivity index (χ0v) is 10.3. The topological polar surface area (TPSA) is 52.3 Å². The van der Waals surface area contributed by atoms with Crippen molar-refractivity contribution >= 4 is 11.0 Å². The van der Waals surface area contributed by atoms with Crippen molar-refractivity contribution in [3.8, 4) is 16.9 Å². The molecule has 0 aliphatic heterocycles. The summed E-state index contributed by atoms with van der Waals surface area (Å²) in [5, 5.41) is 0.867. The van der Waals surface area contributed by atoms with Gasteiger partial charge in [0.2, 0.25) is 0 Å². The Labute approximate surface area is 109 Å². The van der Waals surface area contributed by atoms with Crippen molar-refractivity contribution in [2.45, 2.75) is 0 Å². The molecule has 0 amide bonds. The van der Waals surface area contributed by atoms with Crippen molar-refractivity contribution in [2.24, 2.45) is 0 Å². The molecular weight excluding hydrogens is 242 g/mol. The first-order valence-electron chi connectivity index (χ1n) is 5.80. The highest BCUT2D eigenvalue weighted by atomic mass is 16.5. The second-order valence-corrected chi connectivity index (χ2v) is 4.08. The van der Waals surface area contributed by atoms with Crippen molar-refractivity contribution in [2.75, 3.05) is 7.11 Å². The second kappa shape index (κ2) is 4.57. The van der Waals surface area contributed by atoms with Crippen LogP contribution in [0.1, 0.15) is 0 Å². The van der Waals surface area contributed by atoms with Crippen LogP contribution < -0.4 is 10.4 Å². The molecule has 4 heteroatoms. The maximum Gasteiger partial charge on any atom is 0.336 e. The van der Waals surface area contributed by atoms with Crippen molar-refractivity contribution < 1.29 is 9.15 Å². The standard InChI is InChI=1S/C15H11NO3/c1-18-11-2-3-12-13(10-4-6-16-7-5-10)9-15(17)19-14(12)8-11/h2-9H,1H3. The van der Waals surface area contributed by atoms with Crippen molar-refractivity contribution in [1.29, 1.82) is 0 Å². The molecule has 0 spiro atoms. The fourth-order valence-corrected chi connectivity index (χ4v) is 2.04. The average Bonchev–Trinajstić information content (AvgIpc) is 2.46. The largest absolute Gasteiger partial charge is 0.497 e. The van der Waals surface area contributed by atoms with Gasteiger partial charge in [-0.2, -0.15) is 0 Å². The van der Waals surface area contributed by atoms with Gasteiger partial charge >= 0.3 is 5.63 Å². The Kier molecular flexibility index (Phi) is 2.76. The third-order valence-electron chi connectivity index (χ3n) is 2.94. The summed E-state index contributed by atoms with van der Waals surface area (Å²) in [4.78, 5) is 15.6. The molecule has 94 valence electrons. The number of hydrogen-bond acceptors (Lipinski definition) is 4. The predicted octanol–water partition coefficient (Wildman–Crippen LogP) is 2.86. The molecule has 0 fully saturated rings. The van der Waals surface area contributed by atoms with E-state index in [-0.39, 0.29) is 5.63 Å². The Balaban J connectivity index is 2.33. The van der Waals surface area contributed by atoms with Crippen LogP contribution in [-0.2, 0) is 0 Å². The SMILES string of the molecule is COc1ccc2c(-c3ccncc3)cc(=O)oc2c1. The monoisotopic (exact) mass is 253 g/mol. The summed E-state index contributed by atoms with van der Waals surface area (Å²) in [6.07, 6.45) is 3.39. The number of pyridine rings is 1. The molecule has 0 bridgehead atoms. The third kappa shape index (κ3) is 2.08. The van der Waals surface area contributed by atoms with Gasteiger partial charge in [0.15, 0.2) is 0 Å². The van der Waals surface area contributed by atoms with Gasteiger partial charge in [0.05, 0.1) is 7.11 Å². The lowest BCUT2D eigenvalue weighted by molar-refractivity contribution is 0.414. The first kappa shape index (κ1) is 11.5. The van der Waals surface area contributed by atoms with E-state index in [0.717, 1.165) is 16.5 Å². The molecule has 0 radical (unpaired) electrons. The summed E-state index contributed by atoms with van der Waals surface area (Å²) < 4.78 is 10.4. The van der Waals surface area contributed by atoms with Crippen LogP contribution in [-0.4, -0.2) is 12.1 Å². The highest BCUT2D eigenvalue weighted by molar-refractivity contribution is 5.93. The Morgan fingerprint density at radius 1 is 1.11 bits per heavy atom. The summed E-state index contributed by atoms with van der Waals surface area (Å²) in [5.41, 5.74) is 1.89. The number of methoxy groups -OCH3 is 1. The lowest BCUT2D eigenvalue weighted by atomic mass is 10.0. The number of aromatic nitrogens is 1. The van der Waals surface area contributed by atoms with E-state index < -0.39 is 0 Å². The molecule has 2 aromatic heterocycles. The molecule has 0 aliphatic carbocycles. The van der Waals surface area contributed by atoms with Gasteiger partial charge in [0.1, 0.15) is 11.3 Å². The maximum atomic E-state index is 11.7. The van der Waals surface area contributed by atoms with Crippen LogP contribution in [0.3, 0.4) is 0 Å². The van der Waals surface area contributed by atoms with Gasteiger partial charge in [-0.3, -0.25) is 4.98 Å². The Morgan fingerprint density at radius 2 is 1.89 bits per heavy atom. The van der Waals surface area contributed by atoms with Crippen LogP contribution in [0.2, 0.25) is 0 Å². The van der Waals surface area contributed by atoms with Gasteiger partial charge in [-0.25, -0.2) is 4.79 Å². The minimum absolute atomic E-state index is 0.382. The van der Waals surface area contributed by atoms with Crippen LogP contribution in [0.15, 0.2) is 58.0 Å². The van der Waals surface area contributed by atoms with E-state index in [0.29, 0.717) is 11.3 Å². The summed E-state index contributed by atoms with van der Waals surface area (Å²) in [7, 11) is 1.58. The predicted molar refractivity (Wildman–Crippen MR) is 72.3 cm³/mol. The average molecular weight is 253 g/mol. The van der Waals surface area contributed by atoms with E-state index in [1.54, 1.807) is 25.6 Å². The smallest absolute Gasteiger partial charge is 0.336 e. The molecule has 0 N–H and O–H groups in total. The number of benzene rings is 1. The Morgan fingerprint density at radius 3 is 2.63 bits per heavy atom. The van der Waals surface area contributed by atoms with Gasteiger partial charge in [-0.15, -0.1) is 0 Å². The summed E-state index contributed by atoms with van der Waals surface area (Å²) in [5.74, 6) is 0.655. The van der Waals surface area contributed by atoms with E-state index in [1.807, 2.05) is 24.3 Å². The van der Waals surface area contributed by atoms with Gasteiger partial charge < -0.3 is 9.15 Å². The lowest BCUT2D eigenvalue weighted by Gasteiger charge is -2.06. The lowest BCUT2D eigenvalue weighted by Crippen LogP contribution is -1.98. The molecule has 0 atom stereocenters. The molecule has 4 nitrogen and oxygen atoms in total. The quantitative estimate of drug-likeness (QED) is 0.659.